The molecule has 0 aromatic heterocycles. The molecule has 2 aliphatic heterocycles. The molecule has 10 atom stereocenters. The number of rotatable bonds is 4. The zero-order chi connectivity index (χ0) is 21.8. The molecule has 2 fully saturated rings. The second-order valence-electron chi connectivity index (χ2n) is 5.94. The Balaban J connectivity index is 0. The standard InChI is InChI=1S/C12H22O11.2Na.H2O4S/c13-1-3-5(15)7(17)9(19)11(21-3)23-12-10(20)8(18)6(16)4(2-14)22-12;;;1-5(2,3)4/h3-20H,1-2H2;;;(H2,1,2,3,4)/q;2*+1;/p-2/t3-,4-,5-,6-,7+,8+,9-,10-,11-,12-;;;/m1.../s1. The molecule has 0 spiro atoms. The molecule has 0 unspecified atom stereocenters. The van der Waals surface area contributed by atoms with Crippen molar-refractivity contribution in [3.63, 3.8) is 0 Å². The van der Waals surface area contributed by atoms with Crippen LogP contribution in [0.2, 0.25) is 0 Å². The Morgan fingerprint density at radius 3 is 1.17 bits per heavy atom. The van der Waals surface area contributed by atoms with E-state index in [-0.39, 0.29) is 59.1 Å². The molecule has 8 N–H and O–H groups in total. The molecule has 2 heterocycles. The van der Waals surface area contributed by atoms with Gasteiger partial charge in [-0.3, -0.25) is 8.42 Å². The smallest absolute Gasteiger partial charge is 0.759 e. The molecule has 2 rings (SSSR count). The van der Waals surface area contributed by atoms with Gasteiger partial charge in [0.2, 0.25) is 0 Å². The fourth-order valence-electron chi connectivity index (χ4n) is 2.49. The maximum atomic E-state index is 9.84. The molecule has 2 saturated heterocycles. The Kier molecular flexibility index (Phi) is 16.4. The van der Waals surface area contributed by atoms with Crippen molar-refractivity contribution >= 4 is 10.4 Å². The summed E-state index contributed by atoms with van der Waals surface area (Å²) in [7, 11) is -5.17. The van der Waals surface area contributed by atoms with Gasteiger partial charge < -0.3 is 64.2 Å². The molecule has 0 saturated carbocycles. The van der Waals surface area contributed by atoms with E-state index in [0.717, 1.165) is 0 Å². The van der Waals surface area contributed by atoms with Crippen molar-refractivity contribution < 1.29 is 132 Å². The van der Waals surface area contributed by atoms with E-state index in [2.05, 4.69) is 0 Å². The first-order valence-corrected chi connectivity index (χ1v) is 9.08. The van der Waals surface area contributed by atoms with Gasteiger partial charge >= 0.3 is 59.1 Å². The van der Waals surface area contributed by atoms with Crippen molar-refractivity contribution in [2.45, 2.75) is 61.4 Å². The molecule has 30 heavy (non-hydrogen) atoms. The van der Waals surface area contributed by atoms with Crippen molar-refractivity contribution in [3.8, 4) is 0 Å². The van der Waals surface area contributed by atoms with Crippen molar-refractivity contribution in [2.75, 3.05) is 13.2 Å². The molecule has 18 heteroatoms. The summed E-state index contributed by atoms with van der Waals surface area (Å²) in [4.78, 5) is 0. The number of ether oxygens (including phenoxy) is 3. The van der Waals surface area contributed by atoms with Gasteiger partial charge in [0, 0.05) is 10.4 Å². The van der Waals surface area contributed by atoms with E-state index in [4.69, 9.17) is 41.9 Å². The van der Waals surface area contributed by atoms with Gasteiger partial charge in [0.25, 0.3) is 0 Å². The maximum absolute atomic E-state index is 9.84. The van der Waals surface area contributed by atoms with Crippen LogP contribution >= 0.6 is 0 Å². The normalized spacial score (nSPS) is 41.5. The molecular formula is C12H22Na2O15S. The van der Waals surface area contributed by atoms with Gasteiger partial charge in [0.1, 0.15) is 48.8 Å². The second-order valence-corrected chi connectivity index (χ2v) is 6.76. The summed E-state index contributed by atoms with van der Waals surface area (Å²) in [6.45, 7) is -1.33. The molecule has 2 aliphatic rings. The van der Waals surface area contributed by atoms with E-state index in [0.29, 0.717) is 0 Å². The van der Waals surface area contributed by atoms with Crippen molar-refractivity contribution in [1.82, 2.24) is 0 Å². The first-order valence-electron chi connectivity index (χ1n) is 7.75. The third-order valence-electron chi connectivity index (χ3n) is 3.97. The van der Waals surface area contributed by atoms with Crippen molar-refractivity contribution in [3.05, 3.63) is 0 Å². The Bertz CT molecular complexity index is 536. The van der Waals surface area contributed by atoms with Gasteiger partial charge in [-0.05, 0) is 0 Å². The summed E-state index contributed by atoms with van der Waals surface area (Å²) in [6.07, 6.45) is -15.6. The molecule has 15 nitrogen and oxygen atoms in total. The first-order chi connectivity index (χ1) is 12.8. The molecular weight excluding hydrogens is 462 g/mol. The van der Waals surface area contributed by atoms with E-state index in [1.165, 1.54) is 0 Å². The fourth-order valence-corrected chi connectivity index (χ4v) is 2.49. The van der Waals surface area contributed by atoms with E-state index in [1.54, 1.807) is 0 Å². The number of hydrogen-bond acceptors (Lipinski definition) is 15. The topological polar surface area (TPSA) is 270 Å². The van der Waals surface area contributed by atoms with Crippen LogP contribution in [-0.2, 0) is 24.6 Å². The van der Waals surface area contributed by atoms with Gasteiger partial charge in [-0.25, -0.2) is 0 Å². The van der Waals surface area contributed by atoms with E-state index in [9.17, 15) is 30.6 Å². The predicted molar refractivity (Wildman–Crippen MR) is 79.1 cm³/mol. The molecule has 0 aromatic rings. The van der Waals surface area contributed by atoms with Crippen LogP contribution in [0.15, 0.2) is 0 Å². The zero-order valence-corrected chi connectivity index (χ0v) is 20.8. The van der Waals surface area contributed by atoms with Crippen LogP contribution in [0.1, 0.15) is 0 Å². The SMILES string of the molecule is O=S(=O)([O-])[O-].OC[C@H]1O[C@H](O[C@H]2O[C@H](CO)[C@@H](O)[C@H](O)[C@H]2O)[C@H](O)[C@@H](O)[C@@H]1O.[Na+].[Na+]. The van der Waals surface area contributed by atoms with Crippen LogP contribution in [0.5, 0.6) is 0 Å². The van der Waals surface area contributed by atoms with Crippen molar-refractivity contribution in [2.24, 2.45) is 0 Å². The number of hydrogen-bond donors (Lipinski definition) is 8. The minimum absolute atomic E-state index is 0. The monoisotopic (exact) mass is 484 g/mol. The molecule has 168 valence electrons. The maximum Gasteiger partial charge on any atom is 1.00 e. The van der Waals surface area contributed by atoms with Crippen LogP contribution in [0, 0.1) is 0 Å². The first kappa shape index (κ1) is 33.6. The summed E-state index contributed by atoms with van der Waals surface area (Å²) in [5.74, 6) is 0. The summed E-state index contributed by atoms with van der Waals surface area (Å²) >= 11 is 0. The second kappa shape index (κ2) is 14.6. The summed E-state index contributed by atoms with van der Waals surface area (Å²) in [6, 6.07) is 0. The average molecular weight is 484 g/mol. The van der Waals surface area contributed by atoms with Gasteiger partial charge in [-0.1, -0.05) is 0 Å². The Morgan fingerprint density at radius 1 is 0.667 bits per heavy atom. The number of aliphatic hydroxyl groups is 8. The van der Waals surface area contributed by atoms with Gasteiger partial charge in [-0.15, -0.1) is 0 Å². The van der Waals surface area contributed by atoms with Crippen LogP contribution in [-0.4, -0.2) is 133 Å². The summed E-state index contributed by atoms with van der Waals surface area (Å²) < 4.78 is 49.4. The molecule has 0 aliphatic carbocycles. The van der Waals surface area contributed by atoms with Crippen molar-refractivity contribution in [1.29, 1.82) is 0 Å². The minimum Gasteiger partial charge on any atom is -0.759 e. The number of aliphatic hydroxyl groups excluding tert-OH is 8. The van der Waals surface area contributed by atoms with Gasteiger partial charge in [0.05, 0.1) is 13.2 Å². The predicted octanol–water partition coefficient (Wildman–Crippen LogP) is -12.7. The summed E-state index contributed by atoms with van der Waals surface area (Å²) in [5.41, 5.74) is 0. The van der Waals surface area contributed by atoms with Crippen LogP contribution in [0.4, 0.5) is 0 Å². The zero-order valence-electron chi connectivity index (χ0n) is 16.0. The molecule has 0 radical (unpaired) electrons. The molecule has 0 aromatic carbocycles. The fraction of sp³-hybridized carbons (Fsp3) is 1.00. The third kappa shape index (κ3) is 9.74. The Morgan fingerprint density at radius 2 is 0.933 bits per heavy atom. The quantitative estimate of drug-likeness (QED) is 0.104. The summed E-state index contributed by atoms with van der Waals surface area (Å²) in [5, 5.41) is 76.4. The third-order valence-corrected chi connectivity index (χ3v) is 3.97. The van der Waals surface area contributed by atoms with Gasteiger partial charge in [0.15, 0.2) is 12.6 Å². The molecule has 0 amide bonds. The Hall–Kier alpha value is 1.43. The van der Waals surface area contributed by atoms with Crippen LogP contribution in [0.3, 0.4) is 0 Å². The average Bonchev–Trinajstić information content (AvgIpc) is 2.60. The van der Waals surface area contributed by atoms with E-state index >= 15 is 0 Å². The van der Waals surface area contributed by atoms with Crippen LogP contribution in [0.25, 0.3) is 0 Å². The Labute approximate surface area is 215 Å². The van der Waals surface area contributed by atoms with E-state index < -0.39 is 85.0 Å². The van der Waals surface area contributed by atoms with Crippen LogP contribution < -0.4 is 59.1 Å². The largest absolute Gasteiger partial charge is 1.00 e. The van der Waals surface area contributed by atoms with Gasteiger partial charge in [-0.2, -0.15) is 0 Å². The van der Waals surface area contributed by atoms with E-state index in [1.807, 2.05) is 0 Å². The minimum atomic E-state index is -5.17. The molecule has 0 bridgehead atoms.